The van der Waals surface area contributed by atoms with Gasteiger partial charge in [-0.3, -0.25) is 4.79 Å². The summed E-state index contributed by atoms with van der Waals surface area (Å²) < 4.78 is 5.09. The van der Waals surface area contributed by atoms with Gasteiger partial charge in [-0.05, 0) is 51.0 Å². The van der Waals surface area contributed by atoms with Crippen LogP contribution < -0.4 is 0 Å². The summed E-state index contributed by atoms with van der Waals surface area (Å²) in [5, 5.41) is 0. The molecule has 1 aromatic carbocycles. The summed E-state index contributed by atoms with van der Waals surface area (Å²) in [6.45, 7) is 12.2. The van der Waals surface area contributed by atoms with E-state index in [1.165, 1.54) is 0 Å². The van der Waals surface area contributed by atoms with Gasteiger partial charge < -0.3 is 9.64 Å². The number of hydrogen-bond donors (Lipinski definition) is 0. The predicted octanol–water partition coefficient (Wildman–Crippen LogP) is 2.88. The molecule has 1 rings (SSSR count). The van der Waals surface area contributed by atoms with Gasteiger partial charge in [0.05, 0.1) is 5.56 Å². The Morgan fingerprint density at radius 3 is 2.43 bits per heavy atom. The number of amides is 1. The van der Waals surface area contributed by atoms with Crippen LogP contribution in [0.2, 0.25) is 0 Å². The van der Waals surface area contributed by atoms with Crippen molar-refractivity contribution < 1.29 is 14.3 Å². The number of aryl methyl sites for hydroxylation is 2. The van der Waals surface area contributed by atoms with Crippen molar-refractivity contribution in [3.63, 3.8) is 0 Å². The second-order valence-electron chi connectivity index (χ2n) is 5.24. The highest BCUT2D eigenvalue weighted by Gasteiger charge is 2.15. The summed E-state index contributed by atoms with van der Waals surface area (Å²) >= 11 is 0. The normalized spacial score (nSPS) is 10.1. The van der Waals surface area contributed by atoms with Crippen LogP contribution in [0.1, 0.15) is 35.3 Å². The molecular weight excluding hydrogens is 266 g/mol. The number of carbonyl (C=O) groups is 2. The van der Waals surface area contributed by atoms with E-state index in [9.17, 15) is 9.59 Å². The lowest BCUT2D eigenvalue weighted by atomic mass is 10.1. The minimum Gasteiger partial charge on any atom is -0.452 e. The highest BCUT2D eigenvalue weighted by Crippen LogP contribution is 2.11. The van der Waals surface area contributed by atoms with Gasteiger partial charge in [0.2, 0.25) is 0 Å². The summed E-state index contributed by atoms with van der Waals surface area (Å²) in [4.78, 5) is 25.5. The molecule has 0 saturated heterocycles. The first-order valence-corrected chi connectivity index (χ1v) is 7.01. The molecule has 1 amide bonds. The van der Waals surface area contributed by atoms with Gasteiger partial charge in [-0.25, -0.2) is 4.79 Å². The van der Waals surface area contributed by atoms with E-state index < -0.39 is 5.97 Å². The van der Waals surface area contributed by atoms with Crippen LogP contribution in [-0.4, -0.2) is 36.5 Å². The van der Waals surface area contributed by atoms with Gasteiger partial charge >= 0.3 is 5.97 Å². The average Bonchev–Trinajstić information content (AvgIpc) is 2.44. The molecule has 0 N–H and O–H groups in total. The molecule has 0 aliphatic rings. The van der Waals surface area contributed by atoms with Gasteiger partial charge in [-0.2, -0.15) is 0 Å². The molecule has 0 atom stereocenters. The molecule has 0 unspecified atom stereocenters. The molecule has 4 nitrogen and oxygen atoms in total. The summed E-state index contributed by atoms with van der Waals surface area (Å²) in [7, 11) is 0. The molecule has 0 saturated carbocycles. The fourth-order valence-corrected chi connectivity index (χ4v) is 1.87. The van der Waals surface area contributed by atoms with Crippen LogP contribution in [0.25, 0.3) is 0 Å². The minimum absolute atomic E-state index is 0.210. The van der Waals surface area contributed by atoms with E-state index >= 15 is 0 Å². The Morgan fingerprint density at radius 2 is 1.90 bits per heavy atom. The largest absolute Gasteiger partial charge is 0.452 e. The number of carbonyl (C=O) groups excluding carboxylic acids is 2. The highest BCUT2D eigenvalue weighted by atomic mass is 16.5. The van der Waals surface area contributed by atoms with Crippen molar-refractivity contribution in [3.05, 3.63) is 47.0 Å². The maximum Gasteiger partial charge on any atom is 0.338 e. The van der Waals surface area contributed by atoms with E-state index in [-0.39, 0.29) is 12.5 Å². The Labute approximate surface area is 126 Å². The Morgan fingerprint density at radius 1 is 1.24 bits per heavy atom. The van der Waals surface area contributed by atoms with E-state index in [4.69, 9.17) is 4.74 Å². The lowest BCUT2D eigenvalue weighted by Crippen LogP contribution is -2.35. The molecule has 0 aliphatic carbocycles. The Kier molecular flexibility index (Phi) is 6.15. The molecule has 0 aromatic heterocycles. The van der Waals surface area contributed by atoms with Crippen LogP contribution in [0.15, 0.2) is 30.4 Å². The zero-order chi connectivity index (χ0) is 16.0. The van der Waals surface area contributed by atoms with E-state index in [1.807, 2.05) is 33.8 Å². The number of benzene rings is 1. The molecular formula is C17H23NO3. The summed E-state index contributed by atoms with van der Waals surface area (Å²) in [6, 6.07) is 5.35. The quantitative estimate of drug-likeness (QED) is 0.597. The number of hydrogen-bond acceptors (Lipinski definition) is 3. The molecule has 1 aromatic rings. The second kappa shape index (κ2) is 7.62. The van der Waals surface area contributed by atoms with E-state index in [0.29, 0.717) is 18.7 Å². The number of esters is 1. The third-order valence-corrected chi connectivity index (χ3v) is 3.26. The molecule has 0 radical (unpaired) electrons. The van der Waals surface area contributed by atoms with Crippen LogP contribution in [0, 0.1) is 13.8 Å². The maximum absolute atomic E-state index is 12.0. The standard InChI is InChI=1S/C17H23NO3/c1-6-18(10-12(2)3)16(19)11-21-17(20)15-8-7-13(4)14(5)9-15/h7-9H,2,6,10-11H2,1,3-5H3. The average molecular weight is 289 g/mol. The molecule has 0 fully saturated rings. The van der Waals surface area contributed by atoms with E-state index in [1.54, 1.807) is 17.0 Å². The lowest BCUT2D eigenvalue weighted by Gasteiger charge is -2.20. The zero-order valence-corrected chi connectivity index (χ0v) is 13.2. The number of likely N-dealkylation sites (N-methyl/N-ethyl adjacent to an activating group) is 1. The first-order valence-electron chi connectivity index (χ1n) is 7.01. The third-order valence-electron chi connectivity index (χ3n) is 3.26. The number of nitrogens with zero attached hydrogens (tertiary/aromatic N) is 1. The van der Waals surface area contributed by atoms with Crippen molar-refractivity contribution in [2.75, 3.05) is 19.7 Å². The maximum atomic E-state index is 12.0. The van der Waals surface area contributed by atoms with Crippen LogP contribution in [0.5, 0.6) is 0 Å². The predicted molar refractivity (Wildman–Crippen MR) is 83.3 cm³/mol. The molecule has 0 heterocycles. The zero-order valence-electron chi connectivity index (χ0n) is 13.2. The number of rotatable bonds is 6. The van der Waals surface area contributed by atoms with Crippen molar-refractivity contribution in [1.29, 1.82) is 0 Å². The fourth-order valence-electron chi connectivity index (χ4n) is 1.87. The first kappa shape index (κ1) is 17.0. The summed E-state index contributed by atoms with van der Waals surface area (Å²) in [5.74, 6) is -0.685. The van der Waals surface area contributed by atoms with Crippen molar-refractivity contribution in [2.45, 2.75) is 27.7 Å². The third kappa shape index (κ3) is 5.06. The molecule has 0 spiro atoms. The van der Waals surface area contributed by atoms with Gasteiger partial charge in [0.1, 0.15) is 0 Å². The van der Waals surface area contributed by atoms with Crippen molar-refractivity contribution >= 4 is 11.9 Å². The minimum atomic E-state index is -0.474. The van der Waals surface area contributed by atoms with Crippen molar-refractivity contribution in [3.8, 4) is 0 Å². The Hall–Kier alpha value is -2.10. The van der Waals surface area contributed by atoms with Gasteiger partial charge in [-0.1, -0.05) is 18.2 Å². The van der Waals surface area contributed by atoms with Gasteiger partial charge in [-0.15, -0.1) is 0 Å². The van der Waals surface area contributed by atoms with Gasteiger partial charge in [0.15, 0.2) is 6.61 Å². The van der Waals surface area contributed by atoms with Gasteiger partial charge in [0, 0.05) is 13.1 Å². The Bertz CT molecular complexity index is 549. The van der Waals surface area contributed by atoms with Crippen molar-refractivity contribution in [2.24, 2.45) is 0 Å². The fraction of sp³-hybridized carbons (Fsp3) is 0.412. The van der Waals surface area contributed by atoms with Crippen LogP contribution >= 0.6 is 0 Å². The van der Waals surface area contributed by atoms with Crippen molar-refractivity contribution in [1.82, 2.24) is 4.90 Å². The van der Waals surface area contributed by atoms with Gasteiger partial charge in [0.25, 0.3) is 5.91 Å². The summed E-state index contributed by atoms with van der Waals surface area (Å²) in [6.07, 6.45) is 0. The molecule has 0 aliphatic heterocycles. The Balaban J connectivity index is 2.61. The first-order chi connectivity index (χ1) is 9.85. The number of ether oxygens (including phenoxy) is 1. The van der Waals surface area contributed by atoms with E-state index in [0.717, 1.165) is 16.7 Å². The topological polar surface area (TPSA) is 46.6 Å². The molecule has 4 heteroatoms. The highest BCUT2D eigenvalue weighted by molar-refractivity contribution is 5.91. The smallest absolute Gasteiger partial charge is 0.338 e. The molecule has 21 heavy (non-hydrogen) atoms. The van der Waals surface area contributed by atoms with Crippen LogP contribution in [0.4, 0.5) is 0 Å². The second-order valence-corrected chi connectivity index (χ2v) is 5.24. The molecule has 114 valence electrons. The lowest BCUT2D eigenvalue weighted by molar-refractivity contribution is -0.133. The molecule has 0 bridgehead atoms. The SMILES string of the molecule is C=C(C)CN(CC)C(=O)COC(=O)c1ccc(C)c(C)c1. The summed E-state index contributed by atoms with van der Waals surface area (Å²) in [5.41, 5.74) is 3.49. The van der Waals surface area contributed by atoms with Crippen LogP contribution in [0.3, 0.4) is 0 Å². The van der Waals surface area contributed by atoms with Crippen LogP contribution in [-0.2, 0) is 9.53 Å². The monoisotopic (exact) mass is 289 g/mol. The van der Waals surface area contributed by atoms with E-state index in [2.05, 4.69) is 6.58 Å².